The van der Waals surface area contributed by atoms with Crippen LogP contribution in [0.1, 0.15) is 0 Å². The van der Waals surface area contributed by atoms with Crippen LogP contribution >= 0.6 is 11.6 Å². The first-order chi connectivity index (χ1) is 11.2. The third-order valence-electron chi connectivity index (χ3n) is 3.26. The number of benzene rings is 1. The van der Waals surface area contributed by atoms with Crippen LogP contribution in [0.5, 0.6) is 0 Å². The number of fused-ring (bicyclic) bond motifs is 1. The summed E-state index contributed by atoms with van der Waals surface area (Å²) in [6.45, 7) is 0. The zero-order chi connectivity index (χ0) is 15.8. The summed E-state index contributed by atoms with van der Waals surface area (Å²) in [6, 6.07) is 9.32. The third kappa shape index (κ3) is 2.59. The number of nitrogens with one attached hydrogen (secondary N) is 2. The molecule has 3 heterocycles. The average Bonchev–Trinajstić information content (AvgIpc) is 3.14. The lowest BCUT2D eigenvalue weighted by Crippen LogP contribution is -1.94. The SMILES string of the molecule is Cn1nnc(-c2cc3c(Nc4cccc(Cl)c4)ncnc3[nH]2)n1. The summed E-state index contributed by atoms with van der Waals surface area (Å²) in [5.74, 6) is 1.17. The van der Waals surface area contributed by atoms with Gasteiger partial charge in [-0.1, -0.05) is 17.7 Å². The number of aryl methyl sites for hydroxylation is 1. The first-order valence-electron chi connectivity index (χ1n) is 6.80. The Labute approximate surface area is 135 Å². The van der Waals surface area contributed by atoms with Crippen LogP contribution in [0.25, 0.3) is 22.6 Å². The van der Waals surface area contributed by atoms with Gasteiger partial charge >= 0.3 is 0 Å². The van der Waals surface area contributed by atoms with Crippen LogP contribution in [0.3, 0.4) is 0 Å². The molecule has 23 heavy (non-hydrogen) atoms. The lowest BCUT2D eigenvalue weighted by atomic mass is 10.3. The third-order valence-corrected chi connectivity index (χ3v) is 3.50. The molecule has 0 saturated carbocycles. The Morgan fingerprint density at radius 2 is 2.13 bits per heavy atom. The van der Waals surface area contributed by atoms with Crippen LogP contribution in [0.15, 0.2) is 36.7 Å². The monoisotopic (exact) mass is 326 g/mol. The first kappa shape index (κ1) is 13.6. The molecule has 4 aromatic rings. The van der Waals surface area contributed by atoms with Crippen molar-refractivity contribution in [3.05, 3.63) is 41.7 Å². The zero-order valence-corrected chi connectivity index (χ0v) is 12.8. The van der Waals surface area contributed by atoms with Crippen molar-refractivity contribution in [1.29, 1.82) is 0 Å². The predicted octanol–water partition coefficient (Wildman–Crippen LogP) is 2.55. The van der Waals surface area contributed by atoms with Gasteiger partial charge < -0.3 is 10.3 Å². The van der Waals surface area contributed by atoms with Crippen molar-refractivity contribution in [2.24, 2.45) is 7.05 Å². The lowest BCUT2D eigenvalue weighted by molar-refractivity contribution is 0.630. The number of hydrogen-bond acceptors (Lipinski definition) is 6. The van der Waals surface area contributed by atoms with Gasteiger partial charge in [0.2, 0.25) is 5.82 Å². The van der Waals surface area contributed by atoms with E-state index >= 15 is 0 Å². The Bertz CT molecular complexity index is 989. The molecule has 114 valence electrons. The van der Waals surface area contributed by atoms with Crippen molar-refractivity contribution < 1.29 is 0 Å². The highest BCUT2D eigenvalue weighted by atomic mass is 35.5. The van der Waals surface area contributed by atoms with Gasteiger partial charge in [-0.2, -0.15) is 4.80 Å². The van der Waals surface area contributed by atoms with Gasteiger partial charge in [0.05, 0.1) is 18.1 Å². The van der Waals surface area contributed by atoms with Crippen molar-refractivity contribution in [2.45, 2.75) is 0 Å². The maximum atomic E-state index is 6.01. The molecule has 0 amide bonds. The summed E-state index contributed by atoms with van der Waals surface area (Å²) in [4.78, 5) is 13.1. The number of anilines is 2. The number of halogens is 1. The van der Waals surface area contributed by atoms with Crippen LogP contribution in [-0.2, 0) is 7.05 Å². The first-order valence-corrected chi connectivity index (χ1v) is 7.17. The molecule has 8 nitrogen and oxygen atoms in total. The van der Waals surface area contributed by atoms with Crippen LogP contribution < -0.4 is 5.32 Å². The Morgan fingerprint density at radius 1 is 1.22 bits per heavy atom. The van der Waals surface area contributed by atoms with Crippen LogP contribution in [0.2, 0.25) is 5.02 Å². The topological polar surface area (TPSA) is 97.2 Å². The number of tetrazole rings is 1. The molecule has 0 aliphatic rings. The van der Waals surface area contributed by atoms with E-state index in [4.69, 9.17) is 11.6 Å². The summed E-state index contributed by atoms with van der Waals surface area (Å²) in [7, 11) is 1.71. The van der Waals surface area contributed by atoms with E-state index in [0.717, 1.165) is 16.8 Å². The molecular weight excluding hydrogens is 316 g/mol. The molecular formula is C14H11ClN8. The fourth-order valence-electron chi connectivity index (χ4n) is 2.25. The normalized spacial score (nSPS) is 11.0. The smallest absolute Gasteiger partial charge is 0.221 e. The molecule has 0 spiro atoms. The fourth-order valence-corrected chi connectivity index (χ4v) is 2.45. The molecule has 0 aliphatic heterocycles. The van der Waals surface area contributed by atoms with Gasteiger partial charge in [-0.3, -0.25) is 0 Å². The second kappa shape index (κ2) is 5.33. The number of nitrogens with zero attached hydrogens (tertiary/aromatic N) is 6. The molecule has 2 N–H and O–H groups in total. The largest absolute Gasteiger partial charge is 0.340 e. The molecule has 0 radical (unpaired) electrons. The Morgan fingerprint density at radius 3 is 2.91 bits per heavy atom. The summed E-state index contributed by atoms with van der Waals surface area (Å²) < 4.78 is 0. The average molecular weight is 327 g/mol. The molecule has 0 saturated heterocycles. The summed E-state index contributed by atoms with van der Waals surface area (Å²) in [5.41, 5.74) is 2.26. The van der Waals surface area contributed by atoms with E-state index < -0.39 is 0 Å². The van der Waals surface area contributed by atoms with Gasteiger partial charge in [0, 0.05) is 10.7 Å². The van der Waals surface area contributed by atoms with E-state index in [0.29, 0.717) is 22.3 Å². The van der Waals surface area contributed by atoms with Gasteiger partial charge in [0.25, 0.3) is 0 Å². The highest BCUT2D eigenvalue weighted by molar-refractivity contribution is 6.30. The van der Waals surface area contributed by atoms with E-state index in [2.05, 4.69) is 35.7 Å². The van der Waals surface area contributed by atoms with Crippen molar-refractivity contribution >= 4 is 34.1 Å². The van der Waals surface area contributed by atoms with E-state index in [1.54, 1.807) is 7.05 Å². The molecule has 0 bridgehead atoms. The fraction of sp³-hybridized carbons (Fsp3) is 0.0714. The van der Waals surface area contributed by atoms with Crippen LogP contribution in [0, 0.1) is 0 Å². The number of rotatable bonds is 3. The maximum Gasteiger partial charge on any atom is 0.221 e. The highest BCUT2D eigenvalue weighted by Crippen LogP contribution is 2.27. The van der Waals surface area contributed by atoms with Crippen molar-refractivity contribution in [2.75, 3.05) is 5.32 Å². The Kier molecular flexibility index (Phi) is 3.16. The van der Waals surface area contributed by atoms with Crippen molar-refractivity contribution in [1.82, 2.24) is 35.2 Å². The van der Waals surface area contributed by atoms with Crippen LogP contribution in [0.4, 0.5) is 11.5 Å². The molecule has 3 aromatic heterocycles. The number of hydrogen-bond donors (Lipinski definition) is 2. The van der Waals surface area contributed by atoms with E-state index in [1.165, 1.54) is 11.1 Å². The molecule has 9 heteroatoms. The number of H-pyrrole nitrogens is 1. The van der Waals surface area contributed by atoms with Crippen molar-refractivity contribution in [3.8, 4) is 11.5 Å². The van der Waals surface area contributed by atoms with E-state index in [1.807, 2.05) is 30.3 Å². The Hall–Kier alpha value is -3.00. The second-order valence-corrected chi connectivity index (χ2v) is 5.34. The van der Waals surface area contributed by atoms with E-state index in [9.17, 15) is 0 Å². The highest BCUT2D eigenvalue weighted by Gasteiger charge is 2.12. The minimum Gasteiger partial charge on any atom is -0.340 e. The summed E-state index contributed by atoms with van der Waals surface area (Å²) in [5, 5.41) is 16.7. The lowest BCUT2D eigenvalue weighted by Gasteiger charge is -2.06. The van der Waals surface area contributed by atoms with Gasteiger partial charge in [-0.15, -0.1) is 10.2 Å². The standard InChI is InChI=1S/C14H11ClN8/c1-23-21-14(20-22-23)11-6-10-12(16-7-17-13(10)19-11)18-9-4-2-3-8(15)5-9/h2-7H,1H3,(H2,16,17,18,19). The molecule has 1 aromatic carbocycles. The molecule has 0 atom stereocenters. The Balaban J connectivity index is 1.77. The number of aromatic nitrogens is 7. The molecule has 0 aliphatic carbocycles. The molecule has 0 fully saturated rings. The van der Waals surface area contributed by atoms with Crippen LogP contribution in [-0.4, -0.2) is 35.2 Å². The summed E-state index contributed by atoms with van der Waals surface area (Å²) >= 11 is 6.01. The zero-order valence-electron chi connectivity index (χ0n) is 12.0. The maximum absolute atomic E-state index is 6.01. The van der Waals surface area contributed by atoms with Gasteiger partial charge in [0.1, 0.15) is 17.8 Å². The molecule has 0 unspecified atom stereocenters. The quantitative estimate of drug-likeness (QED) is 0.600. The summed E-state index contributed by atoms with van der Waals surface area (Å²) in [6.07, 6.45) is 1.49. The minimum atomic E-state index is 0.499. The minimum absolute atomic E-state index is 0.499. The van der Waals surface area contributed by atoms with E-state index in [-0.39, 0.29) is 0 Å². The molecule has 4 rings (SSSR count). The predicted molar refractivity (Wildman–Crippen MR) is 86.4 cm³/mol. The van der Waals surface area contributed by atoms with Gasteiger partial charge in [-0.25, -0.2) is 9.97 Å². The van der Waals surface area contributed by atoms with Gasteiger partial charge in [-0.05, 0) is 29.5 Å². The van der Waals surface area contributed by atoms with Crippen molar-refractivity contribution in [3.63, 3.8) is 0 Å². The second-order valence-electron chi connectivity index (χ2n) is 4.91. The number of aromatic amines is 1. The van der Waals surface area contributed by atoms with Gasteiger partial charge in [0.15, 0.2) is 0 Å².